The minimum Gasteiger partial charge on any atom is -0.367 e. The van der Waals surface area contributed by atoms with Gasteiger partial charge in [-0.25, -0.2) is 14.4 Å². The van der Waals surface area contributed by atoms with E-state index in [1.807, 2.05) is 5.38 Å². The van der Waals surface area contributed by atoms with Crippen LogP contribution in [0.4, 0.5) is 10.2 Å². The van der Waals surface area contributed by atoms with Gasteiger partial charge < -0.3 is 5.32 Å². The van der Waals surface area contributed by atoms with Gasteiger partial charge in [-0.3, -0.25) is 0 Å². The molecule has 0 aromatic carbocycles. The Morgan fingerprint density at radius 3 is 3.07 bits per heavy atom. The van der Waals surface area contributed by atoms with Gasteiger partial charge in [0, 0.05) is 24.5 Å². The summed E-state index contributed by atoms with van der Waals surface area (Å²) in [6, 6.07) is 2.96. The monoisotopic (exact) mass is 223 g/mol. The molecule has 0 saturated heterocycles. The van der Waals surface area contributed by atoms with Crippen molar-refractivity contribution >= 4 is 17.2 Å². The lowest BCUT2D eigenvalue weighted by atomic mass is 10.3. The van der Waals surface area contributed by atoms with Crippen LogP contribution in [0.25, 0.3) is 0 Å². The van der Waals surface area contributed by atoms with Crippen LogP contribution in [0.1, 0.15) is 5.69 Å². The van der Waals surface area contributed by atoms with E-state index in [0.717, 1.165) is 12.1 Å². The summed E-state index contributed by atoms with van der Waals surface area (Å²) in [6.07, 6.45) is 2.34. The number of halogens is 1. The number of hydrogen-bond acceptors (Lipinski definition) is 4. The van der Waals surface area contributed by atoms with Crippen molar-refractivity contribution in [2.24, 2.45) is 0 Å². The fourth-order valence-electron chi connectivity index (χ4n) is 1.19. The maximum atomic E-state index is 13.1. The van der Waals surface area contributed by atoms with E-state index in [1.165, 1.54) is 6.07 Å². The Kier molecular flexibility index (Phi) is 3.24. The molecule has 0 bridgehead atoms. The zero-order valence-corrected chi connectivity index (χ0v) is 8.80. The summed E-state index contributed by atoms with van der Waals surface area (Å²) in [4.78, 5) is 8.03. The van der Waals surface area contributed by atoms with Crippen LogP contribution in [0.3, 0.4) is 0 Å². The fraction of sp³-hybridized carbons (Fsp3) is 0.200. The smallest absolute Gasteiger partial charge is 0.165 e. The summed E-state index contributed by atoms with van der Waals surface area (Å²) in [5.74, 6) is -0.0245. The standard InChI is InChI=1S/C10H10FN3S/c11-9-2-1-4-12-10(9)13-5-3-8-6-15-7-14-8/h1-2,4,6-7H,3,5H2,(H,12,13). The number of nitrogens with one attached hydrogen (secondary N) is 1. The second-order valence-electron chi connectivity index (χ2n) is 2.99. The fourth-order valence-corrected chi connectivity index (χ4v) is 1.78. The van der Waals surface area contributed by atoms with Gasteiger partial charge in [0.25, 0.3) is 0 Å². The van der Waals surface area contributed by atoms with Crippen LogP contribution < -0.4 is 5.32 Å². The maximum absolute atomic E-state index is 13.1. The molecule has 15 heavy (non-hydrogen) atoms. The van der Waals surface area contributed by atoms with Crippen molar-refractivity contribution in [3.05, 3.63) is 40.7 Å². The van der Waals surface area contributed by atoms with Crippen LogP contribution in [0.5, 0.6) is 0 Å². The quantitative estimate of drug-likeness (QED) is 0.864. The molecule has 0 fully saturated rings. The highest BCUT2D eigenvalue weighted by atomic mass is 32.1. The van der Waals surface area contributed by atoms with Crippen LogP contribution in [0, 0.1) is 5.82 Å². The predicted octanol–water partition coefficient (Wildman–Crippen LogP) is 2.33. The minimum atomic E-state index is -0.323. The number of thiazole rings is 1. The number of rotatable bonds is 4. The summed E-state index contributed by atoms with van der Waals surface area (Å²) in [6.45, 7) is 0.637. The average Bonchev–Trinajstić information content (AvgIpc) is 2.74. The Bertz CT molecular complexity index is 416. The molecule has 0 unspecified atom stereocenters. The molecule has 2 rings (SSSR count). The third kappa shape index (κ3) is 2.73. The number of aromatic nitrogens is 2. The molecule has 0 amide bonds. The molecule has 2 aromatic rings. The zero-order valence-electron chi connectivity index (χ0n) is 7.98. The molecule has 0 atom stereocenters. The van der Waals surface area contributed by atoms with Crippen molar-refractivity contribution in [3.8, 4) is 0 Å². The Balaban J connectivity index is 1.86. The molecule has 0 aliphatic rings. The molecule has 2 aromatic heterocycles. The summed E-state index contributed by atoms with van der Waals surface area (Å²) in [7, 11) is 0. The lowest BCUT2D eigenvalue weighted by Gasteiger charge is -2.04. The molecule has 0 spiro atoms. The number of nitrogens with zero attached hydrogens (tertiary/aromatic N) is 2. The number of hydrogen-bond donors (Lipinski definition) is 1. The lowest BCUT2D eigenvalue weighted by molar-refractivity contribution is 0.624. The molecule has 0 aliphatic carbocycles. The van der Waals surface area contributed by atoms with Crippen LogP contribution in [-0.4, -0.2) is 16.5 Å². The summed E-state index contributed by atoms with van der Waals surface area (Å²) in [5.41, 5.74) is 2.81. The molecule has 3 nitrogen and oxygen atoms in total. The third-order valence-corrected chi connectivity index (χ3v) is 2.55. The van der Waals surface area contributed by atoms with Gasteiger partial charge in [-0.2, -0.15) is 0 Å². The van der Waals surface area contributed by atoms with Gasteiger partial charge >= 0.3 is 0 Å². The Labute approximate surface area is 91.0 Å². The SMILES string of the molecule is Fc1cccnc1NCCc1cscn1. The predicted molar refractivity (Wildman–Crippen MR) is 58.5 cm³/mol. The van der Waals surface area contributed by atoms with Gasteiger partial charge in [0.15, 0.2) is 11.6 Å². The van der Waals surface area contributed by atoms with Gasteiger partial charge in [0.2, 0.25) is 0 Å². The summed E-state index contributed by atoms with van der Waals surface area (Å²) >= 11 is 1.56. The van der Waals surface area contributed by atoms with E-state index >= 15 is 0 Å². The largest absolute Gasteiger partial charge is 0.367 e. The van der Waals surface area contributed by atoms with Gasteiger partial charge in [-0.1, -0.05) is 0 Å². The topological polar surface area (TPSA) is 37.8 Å². The number of pyridine rings is 1. The van der Waals surface area contributed by atoms with Crippen LogP contribution in [0.15, 0.2) is 29.2 Å². The summed E-state index contributed by atoms with van der Waals surface area (Å²) < 4.78 is 13.1. The van der Waals surface area contributed by atoms with Crippen molar-refractivity contribution in [2.45, 2.75) is 6.42 Å². The van der Waals surface area contributed by atoms with Crippen molar-refractivity contribution in [3.63, 3.8) is 0 Å². The molecule has 0 saturated carbocycles. The first-order valence-electron chi connectivity index (χ1n) is 4.58. The highest BCUT2D eigenvalue weighted by Crippen LogP contribution is 2.08. The van der Waals surface area contributed by atoms with E-state index in [-0.39, 0.29) is 5.82 Å². The number of anilines is 1. The second kappa shape index (κ2) is 4.84. The van der Waals surface area contributed by atoms with Crippen LogP contribution >= 0.6 is 11.3 Å². The van der Waals surface area contributed by atoms with Gasteiger partial charge in [0.1, 0.15) is 0 Å². The van der Waals surface area contributed by atoms with Crippen molar-refractivity contribution in [2.75, 3.05) is 11.9 Å². The summed E-state index contributed by atoms with van der Waals surface area (Å²) in [5, 5.41) is 4.91. The molecule has 5 heteroatoms. The molecule has 0 aliphatic heterocycles. The molecule has 1 N–H and O–H groups in total. The first kappa shape index (κ1) is 10.0. The van der Waals surface area contributed by atoms with Crippen molar-refractivity contribution < 1.29 is 4.39 Å². The lowest BCUT2D eigenvalue weighted by Crippen LogP contribution is -2.07. The van der Waals surface area contributed by atoms with Crippen molar-refractivity contribution in [1.82, 2.24) is 9.97 Å². The molecule has 2 heterocycles. The normalized spacial score (nSPS) is 10.2. The van der Waals surface area contributed by atoms with E-state index in [2.05, 4.69) is 15.3 Å². The first-order chi connectivity index (χ1) is 7.36. The average molecular weight is 223 g/mol. The van der Waals surface area contributed by atoms with E-state index in [0.29, 0.717) is 12.4 Å². The minimum absolute atomic E-state index is 0.299. The first-order valence-corrected chi connectivity index (χ1v) is 5.52. The molecule has 0 radical (unpaired) electrons. The van der Waals surface area contributed by atoms with E-state index in [1.54, 1.807) is 29.1 Å². The molecule has 78 valence electrons. The highest BCUT2D eigenvalue weighted by Gasteiger charge is 2.01. The molecular weight excluding hydrogens is 213 g/mol. The van der Waals surface area contributed by atoms with Crippen LogP contribution in [0.2, 0.25) is 0 Å². The highest BCUT2D eigenvalue weighted by molar-refractivity contribution is 7.07. The van der Waals surface area contributed by atoms with Gasteiger partial charge in [-0.15, -0.1) is 11.3 Å². The Morgan fingerprint density at radius 1 is 1.40 bits per heavy atom. The van der Waals surface area contributed by atoms with Gasteiger partial charge in [-0.05, 0) is 12.1 Å². The van der Waals surface area contributed by atoms with Gasteiger partial charge in [0.05, 0.1) is 11.2 Å². The van der Waals surface area contributed by atoms with Crippen LogP contribution in [-0.2, 0) is 6.42 Å². The zero-order chi connectivity index (χ0) is 10.5. The van der Waals surface area contributed by atoms with E-state index in [4.69, 9.17) is 0 Å². The Morgan fingerprint density at radius 2 is 2.33 bits per heavy atom. The Hall–Kier alpha value is -1.49. The maximum Gasteiger partial charge on any atom is 0.165 e. The second-order valence-corrected chi connectivity index (χ2v) is 3.71. The van der Waals surface area contributed by atoms with Crippen molar-refractivity contribution in [1.29, 1.82) is 0 Å². The third-order valence-electron chi connectivity index (χ3n) is 1.92. The van der Waals surface area contributed by atoms with E-state index < -0.39 is 0 Å². The van der Waals surface area contributed by atoms with E-state index in [9.17, 15) is 4.39 Å². The molecular formula is C10H10FN3S.